The summed E-state index contributed by atoms with van der Waals surface area (Å²) >= 11 is 0. The number of esters is 1. The molecule has 0 amide bonds. The van der Waals surface area contributed by atoms with Gasteiger partial charge in [-0.2, -0.15) is 0 Å². The molecule has 3 heteroatoms. The molecule has 0 aliphatic carbocycles. The van der Waals surface area contributed by atoms with Gasteiger partial charge in [-0.1, -0.05) is 24.8 Å². The summed E-state index contributed by atoms with van der Waals surface area (Å²) in [6, 6.07) is -0.711. The van der Waals surface area contributed by atoms with E-state index >= 15 is 0 Å². The molecule has 0 bridgehead atoms. The van der Waals surface area contributed by atoms with E-state index in [1.807, 2.05) is 0 Å². The van der Waals surface area contributed by atoms with Crippen LogP contribution in [0.1, 0.15) is 20.8 Å². The zero-order valence-corrected chi connectivity index (χ0v) is 8.41. The average molecular weight is 183 g/mol. The van der Waals surface area contributed by atoms with Gasteiger partial charge in [-0.15, -0.1) is 0 Å². The normalized spacial score (nSPS) is 14.2. The second kappa shape index (κ2) is 4.82. The third-order valence-corrected chi connectivity index (χ3v) is 1.13. The van der Waals surface area contributed by atoms with Crippen LogP contribution in [0, 0.1) is 0 Å². The van der Waals surface area contributed by atoms with Gasteiger partial charge in [-0.3, -0.25) is 0 Å². The number of hydrogen-bond donors (Lipinski definition) is 1. The van der Waals surface area contributed by atoms with Crippen molar-refractivity contribution in [2.75, 3.05) is 0 Å². The van der Waals surface area contributed by atoms with E-state index in [0.717, 1.165) is 0 Å². The van der Waals surface area contributed by atoms with Gasteiger partial charge < -0.3 is 10.5 Å². The van der Waals surface area contributed by atoms with Gasteiger partial charge in [0.2, 0.25) is 0 Å². The summed E-state index contributed by atoms with van der Waals surface area (Å²) in [5, 5.41) is 0. The maximum absolute atomic E-state index is 11.2. The van der Waals surface area contributed by atoms with Gasteiger partial charge in [-0.25, -0.2) is 4.79 Å². The van der Waals surface area contributed by atoms with Crippen LogP contribution < -0.4 is 5.73 Å². The Hall–Kier alpha value is -1.09. The molecule has 0 aliphatic heterocycles. The molecule has 1 unspecified atom stereocenters. The fourth-order valence-electron chi connectivity index (χ4n) is 0.647. The third-order valence-electron chi connectivity index (χ3n) is 1.13. The molecule has 2 N–H and O–H groups in total. The minimum atomic E-state index is -0.711. The van der Waals surface area contributed by atoms with Crippen molar-refractivity contribution in [3.63, 3.8) is 0 Å². The Morgan fingerprint density at radius 2 is 2.08 bits per heavy atom. The zero-order chi connectivity index (χ0) is 10.5. The zero-order valence-electron chi connectivity index (χ0n) is 8.41. The van der Waals surface area contributed by atoms with Gasteiger partial charge in [0.05, 0.1) is 0 Å². The van der Waals surface area contributed by atoms with Crippen LogP contribution in [0.25, 0.3) is 0 Å². The van der Waals surface area contributed by atoms with E-state index in [9.17, 15) is 4.79 Å². The fraction of sp³-hybridized carbons (Fsp3) is 0.500. The van der Waals surface area contributed by atoms with Crippen LogP contribution in [-0.2, 0) is 9.53 Å². The second-order valence-corrected chi connectivity index (χ2v) is 3.68. The van der Waals surface area contributed by atoms with Crippen molar-refractivity contribution >= 4 is 5.97 Å². The number of allylic oxidation sites excluding steroid dienone is 2. The Morgan fingerprint density at radius 3 is 2.46 bits per heavy atom. The smallest absolute Gasteiger partial charge is 0.327 e. The predicted octanol–water partition coefficient (Wildman–Crippen LogP) is 1.40. The molecule has 0 aromatic rings. The highest BCUT2D eigenvalue weighted by atomic mass is 16.6. The van der Waals surface area contributed by atoms with Crippen LogP contribution >= 0.6 is 0 Å². The number of nitrogens with two attached hydrogens (primary N) is 1. The molecule has 3 nitrogen and oxygen atoms in total. The van der Waals surface area contributed by atoms with E-state index in [2.05, 4.69) is 6.58 Å². The van der Waals surface area contributed by atoms with Crippen molar-refractivity contribution < 1.29 is 9.53 Å². The minimum Gasteiger partial charge on any atom is -0.459 e. The van der Waals surface area contributed by atoms with Crippen LogP contribution in [0.3, 0.4) is 0 Å². The maximum Gasteiger partial charge on any atom is 0.327 e. The van der Waals surface area contributed by atoms with Gasteiger partial charge in [-0.05, 0) is 20.8 Å². The first-order valence-electron chi connectivity index (χ1n) is 4.14. The first-order chi connectivity index (χ1) is 5.87. The molecular formula is C10H17NO2. The first kappa shape index (κ1) is 11.9. The molecule has 0 fully saturated rings. The van der Waals surface area contributed by atoms with Gasteiger partial charge in [0.15, 0.2) is 0 Å². The number of carbonyl (C=O) groups is 1. The largest absolute Gasteiger partial charge is 0.459 e. The lowest BCUT2D eigenvalue weighted by atomic mass is 10.2. The van der Waals surface area contributed by atoms with Crippen molar-refractivity contribution in [1.82, 2.24) is 0 Å². The molecular weight excluding hydrogens is 166 g/mol. The third kappa shape index (κ3) is 6.11. The number of carbonyl (C=O) groups excluding carboxylic acids is 1. The highest BCUT2D eigenvalue weighted by Gasteiger charge is 2.19. The maximum atomic E-state index is 11.2. The Morgan fingerprint density at radius 1 is 1.54 bits per heavy atom. The molecule has 0 radical (unpaired) electrons. The van der Waals surface area contributed by atoms with Crippen molar-refractivity contribution in [2.45, 2.75) is 32.4 Å². The lowest BCUT2D eigenvalue weighted by molar-refractivity contribution is -0.155. The lowest BCUT2D eigenvalue weighted by Gasteiger charge is -2.20. The Balaban J connectivity index is 4.12. The molecule has 0 rings (SSSR count). The van der Waals surface area contributed by atoms with E-state index in [1.54, 1.807) is 39.0 Å². The highest BCUT2D eigenvalue weighted by Crippen LogP contribution is 2.07. The first-order valence-corrected chi connectivity index (χ1v) is 4.14. The summed E-state index contributed by atoms with van der Waals surface area (Å²) in [6.45, 7) is 8.87. The molecule has 0 aromatic carbocycles. The topological polar surface area (TPSA) is 52.3 Å². The van der Waals surface area contributed by atoms with Crippen LogP contribution in [0.15, 0.2) is 24.8 Å². The molecule has 0 heterocycles. The summed E-state index contributed by atoms with van der Waals surface area (Å²) in [5.74, 6) is -0.425. The molecule has 0 aromatic heterocycles. The molecule has 1 atom stereocenters. The Kier molecular flexibility index (Phi) is 4.42. The molecule has 74 valence electrons. The number of rotatable bonds is 3. The number of hydrogen-bond acceptors (Lipinski definition) is 3. The monoisotopic (exact) mass is 183 g/mol. The van der Waals surface area contributed by atoms with Crippen LogP contribution in [0.2, 0.25) is 0 Å². The van der Waals surface area contributed by atoms with Gasteiger partial charge in [0.1, 0.15) is 11.6 Å². The van der Waals surface area contributed by atoms with Gasteiger partial charge in [0, 0.05) is 0 Å². The second-order valence-electron chi connectivity index (χ2n) is 3.68. The predicted molar refractivity (Wildman–Crippen MR) is 53.2 cm³/mol. The minimum absolute atomic E-state index is 0.425. The van der Waals surface area contributed by atoms with Crippen LogP contribution in [0.4, 0.5) is 0 Å². The van der Waals surface area contributed by atoms with E-state index < -0.39 is 17.6 Å². The summed E-state index contributed by atoms with van der Waals surface area (Å²) < 4.78 is 5.05. The van der Waals surface area contributed by atoms with E-state index in [0.29, 0.717) is 0 Å². The molecule has 0 spiro atoms. The molecule has 13 heavy (non-hydrogen) atoms. The van der Waals surface area contributed by atoms with E-state index in [1.165, 1.54) is 0 Å². The van der Waals surface area contributed by atoms with Crippen molar-refractivity contribution in [2.24, 2.45) is 5.73 Å². The summed E-state index contributed by atoms with van der Waals surface area (Å²) in [6.07, 6.45) is 4.72. The van der Waals surface area contributed by atoms with Gasteiger partial charge >= 0.3 is 5.97 Å². The molecule has 0 aliphatic rings. The number of ether oxygens (including phenoxy) is 1. The lowest BCUT2D eigenvalue weighted by Crippen LogP contribution is -2.35. The van der Waals surface area contributed by atoms with E-state index in [4.69, 9.17) is 10.5 Å². The summed E-state index contributed by atoms with van der Waals surface area (Å²) in [5.41, 5.74) is 5.01. The van der Waals surface area contributed by atoms with Crippen LogP contribution in [0.5, 0.6) is 0 Å². The van der Waals surface area contributed by atoms with Crippen molar-refractivity contribution in [3.05, 3.63) is 24.8 Å². The summed E-state index contributed by atoms with van der Waals surface area (Å²) in [4.78, 5) is 11.2. The van der Waals surface area contributed by atoms with Gasteiger partial charge in [0.25, 0.3) is 0 Å². The summed E-state index contributed by atoms with van der Waals surface area (Å²) in [7, 11) is 0. The molecule has 0 saturated heterocycles. The Bertz CT molecular complexity index is 213. The highest BCUT2D eigenvalue weighted by molar-refractivity contribution is 5.78. The molecule has 0 saturated carbocycles. The average Bonchev–Trinajstić information content (AvgIpc) is 1.96. The SMILES string of the molecule is C=CC=CC(N)C(=O)OC(C)(C)C. The van der Waals surface area contributed by atoms with Crippen molar-refractivity contribution in [1.29, 1.82) is 0 Å². The quantitative estimate of drug-likeness (QED) is 0.531. The van der Waals surface area contributed by atoms with Crippen molar-refractivity contribution in [3.8, 4) is 0 Å². The standard InChI is InChI=1S/C10H17NO2/c1-5-6-7-8(11)9(12)13-10(2,3)4/h5-8H,1,11H2,2-4H3. The van der Waals surface area contributed by atoms with E-state index in [-0.39, 0.29) is 0 Å². The fourth-order valence-corrected chi connectivity index (χ4v) is 0.647. The Labute approximate surface area is 79.3 Å². The van der Waals surface area contributed by atoms with Crippen LogP contribution in [-0.4, -0.2) is 17.6 Å².